The Kier molecular flexibility index (Phi) is 70.8. The third-order valence-corrected chi connectivity index (χ3v) is 0.341. The molecule has 16 heavy (non-hydrogen) atoms. The van der Waals surface area contributed by atoms with E-state index in [1.807, 2.05) is 0 Å². The number of hydrogen-bond donors (Lipinski definition) is 2. The van der Waals surface area contributed by atoms with Crippen LogP contribution in [0.3, 0.4) is 0 Å². The van der Waals surface area contributed by atoms with Gasteiger partial charge in [0.2, 0.25) is 0 Å². The average Bonchev–Trinajstić information content (AvgIpc) is 1.58. The van der Waals surface area contributed by atoms with Crippen molar-refractivity contribution in [3.63, 3.8) is 0 Å². The second-order valence-electron chi connectivity index (χ2n) is 0.986. The Morgan fingerprint density at radius 3 is 1.06 bits per heavy atom. The number of ether oxygens (including phenoxy) is 2. The van der Waals surface area contributed by atoms with Crippen molar-refractivity contribution in [3.05, 3.63) is 0 Å². The second-order valence-corrected chi connectivity index (χ2v) is 0.986. The van der Waals surface area contributed by atoms with E-state index < -0.39 is 18.5 Å². The standard InChI is InChI=1S/C3H2O7.2Ca.2Fe.2Li.6H/c4-1(5)9-3(8)10-2(6)7;;;;;;;;;;;;/h(H,4,5)(H,6,7);;;;;;;;;;;;. The molecule has 0 radical (unpaired) electrons. The fraction of sp³-hybridized carbons (Fsp3) is 0. The van der Waals surface area contributed by atoms with E-state index >= 15 is 0 Å². The van der Waals surface area contributed by atoms with Crippen molar-refractivity contribution in [2.75, 3.05) is 0 Å². The van der Waals surface area contributed by atoms with Crippen molar-refractivity contribution in [2.45, 2.75) is 0 Å². The maximum atomic E-state index is 9.86. The summed E-state index contributed by atoms with van der Waals surface area (Å²) in [5.41, 5.74) is 0. The molecule has 84 valence electrons. The van der Waals surface area contributed by atoms with Gasteiger partial charge in [0.15, 0.2) is 0 Å². The van der Waals surface area contributed by atoms with Crippen molar-refractivity contribution < 1.29 is 68.2 Å². The van der Waals surface area contributed by atoms with E-state index in [0.717, 1.165) is 0 Å². The fourth-order valence-electron chi connectivity index (χ4n) is 0.163. The number of carbonyl (C=O) groups is 3. The number of carboxylic acid groups (broad SMARTS) is 2. The number of rotatable bonds is 0. The van der Waals surface area contributed by atoms with E-state index in [9.17, 15) is 14.4 Å². The van der Waals surface area contributed by atoms with Gasteiger partial charge in [-0.2, -0.15) is 0 Å². The van der Waals surface area contributed by atoms with Crippen LogP contribution < -0.4 is 0 Å². The van der Waals surface area contributed by atoms with Gasteiger partial charge in [0.25, 0.3) is 0 Å². The molecule has 0 bridgehead atoms. The molecule has 0 rings (SSSR count). The Morgan fingerprint density at radius 1 is 0.750 bits per heavy atom. The van der Waals surface area contributed by atoms with Gasteiger partial charge < -0.3 is 19.7 Å². The van der Waals surface area contributed by atoms with Crippen LogP contribution >= 0.6 is 0 Å². The molecule has 0 aromatic carbocycles. The molecule has 0 aliphatic heterocycles. The molecule has 0 amide bonds. The molecule has 0 fully saturated rings. The van der Waals surface area contributed by atoms with E-state index in [-0.39, 0.29) is 147 Å². The molecule has 0 aliphatic carbocycles. The molecular formula is C3H8Ca2Fe2Li2O7. The molecule has 0 aliphatic rings. The first-order chi connectivity index (χ1) is 4.52. The first-order valence-corrected chi connectivity index (χ1v) is 1.88. The van der Waals surface area contributed by atoms with Crippen molar-refractivity contribution in [1.82, 2.24) is 0 Å². The van der Waals surface area contributed by atoms with Crippen LogP contribution in [-0.4, -0.2) is 142 Å². The van der Waals surface area contributed by atoms with Gasteiger partial charge in [0, 0.05) is 34.1 Å². The Labute approximate surface area is 196 Å². The number of hydrogen-bond acceptors (Lipinski definition) is 5. The first-order valence-electron chi connectivity index (χ1n) is 1.88. The molecule has 2 N–H and O–H groups in total. The van der Waals surface area contributed by atoms with Crippen molar-refractivity contribution in [1.29, 1.82) is 0 Å². The molecule has 0 aromatic heterocycles. The van der Waals surface area contributed by atoms with Gasteiger partial charge in [0.05, 0.1) is 0 Å². The molecule has 0 heterocycles. The molecule has 0 spiro atoms. The van der Waals surface area contributed by atoms with Gasteiger partial charge in [-0.15, -0.1) is 0 Å². The third-order valence-electron chi connectivity index (χ3n) is 0.341. The van der Waals surface area contributed by atoms with E-state index in [0.29, 0.717) is 0 Å². The zero-order chi connectivity index (χ0) is 8.15. The van der Waals surface area contributed by atoms with Crippen LogP contribution in [0.5, 0.6) is 0 Å². The monoisotopic (exact) mass is 362 g/mol. The quantitative estimate of drug-likeness (QED) is 0.276. The van der Waals surface area contributed by atoms with Crippen molar-refractivity contribution in [2.24, 2.45) is 0 Å². The third kappa shape index (κ3) is 36.0. The fourth-order valence-corrected chi connectivity index (χ4v) is 0.163. The minimum atomic E-state index is -1.92. The summed E-state index contributed by atoms with van der Waals surface area (Å²) in [7, 11) is 0. The molecular weight excluding hydrogens is 354 g/mol. The van der Waals surface area contributed by atoms with Gasteiger partial charge in [-0.05, 0) is 0 Å². The maximum absolute atomic E-state index is 9.86. The predicted octanol–water partition coefficient (Wildman–Crippen LogP) is -2.64. The summed E-state index contributed by atoms with van der Waals surface area (Å²) in [6.45, 7) is 0. The van der Waals surface area contributed by atoms with Gasteiger partial charge in [0.1, 0.15) is 0 Å². The zero-order valence-corrected chi connectivity index (χ0v) is 7.35. The second kappa shape index (κ2) is 26.5. The molecule has 0 aromatic rings. The van der Waals surface area contributed by atoms with Crippen LogP contribution in [0.25, 0.3) is 0 Å². The van der Waals surface area contributed by atoms with E-state index in [2.05, 4.69) is 9.47 Å². The Bertz CT molecular complexity index is 176. The Balaban J connectivity index is -0.0000000270. The summed E-state index contributed by atoms with van der Waals surface area (Å²) in [6, 6.07) is 0. The van der Waals surface area contributed by atoms with Crippen LogP contribution in [-0.2, 0) is 43.6 Å². The molecule has 13 heteroatoms. The van der Waals surface area contributed by atoms with Gasteiger partial charge in [-0.3, -0.25) is 0 Å². The number of carbonyl (C=O) groups excluding carboxylic acids is 1. The summed E-state index contributed by atoms with van der Waals surface area (Å²) in [5, 5.41) is 15.4. The minimum absolute atomic E-state index is 0. The first kappa shape index (κ1) is 42.8. The average molecular weight is 362 g/mol. The van der Waals surface area contributed by atoms with E-state index in [4.69, 9.17) is 10.2 Å². The van der Waals surface area contributed by atoms with E-state index in [1.54, 1.807) is 0 Å². The molecule has 0 saturated heterocycles. The van der Waals surface area contributed by atoms with Crippen LogP contribution in [0.1, 0.15) is 0 Å². The van der Waals surface area contributed by atoms with E-state index in [1.165, 1.54) is 0 Å². The van der Waals surface area contributed by atoms with Crippen molar-refractivity contribution >= 4 is 132 Å². The van der Waals surface area contributed by atoms with Gasteiger partial charge >= 0.3 is 132 Å². The normalized spacial score (nSPS) is 5.00. The summed E-state index contributed by atoms with van der Waals surface area (Å²) in [6.07, 6.45) is -5.64. The Hall–Kier alpha value is 2.96. The molecule has 0 atom stereocenters. The van der Waals surface area contributed by atoms with Gasteiger partial charge in [-0.25, -0.2) is 14.4 Å². The summed E-state index contributed by atoms with van der Waals surface area (Å²) in [5.74, 6) is 0. The molecule has 0 saturated carbocycles. The van der Waals surface area contributed by atoms with Crippen LogP contribution in [0.15, 0.2) is 0 Å². The molecule has 7 nitrogen and oxygen atoms in total. The van der Waals surface area contributed by atoms with Crippen LogP contribution in [0, 0.1) is 0 Å². The van der Waals surface area contributed by atoms with Crippen LogP contribution in [0.4, 0.5) is 14.4 Å². The zero-order valence-electron chi connectivity index (χ0n) is 5.14. The summed E-state index contributed by atoms with van der Waals surface area (Å²) >= 11 is 0. The summed E-state index contributed by atoms with van der Waals surface area (Å²) in [4.78, 5) is 28.8. The topological polar surface area (TPSA) is 110 Å². The van der Waals surface area contributed by atoms with Crippen LogP contribution in [0.2, 0.25) is 0 Å². The Morgan fingerprint density at radius 2 is 0.938 bits per heavy atom. The van der Waals surface area contributed by atoms with Crippen molar-refractivity contribution in [3.8, 4) is 0 Å². The molecule has 0 unspecified atom stereocenters. The van der Waals surface area contributed by atoms with Gasteiger partial charge in [-0.1, -0.05) is 0 Å². The predicted molar refractivity (Wildman–Crippen MR) is 55.0 cm³/mol. The SMILES string of the molecule is O=C(O)OC(=O)OC(=O)O.[CaH2].[CaH2].[Fe].[Fe].[LiH].[LiH]. The summed E-state index contributed by atoms with van der Waals surface area (Å²) < 4.78 is 6.47.